The second-order valence-corrected chi connectivity index (χ2v) is 7.35. The van der Waals surface area contributed by atoms with E-state index in [1.807, 2.05) is 6.20 Å². The molecular weight excluding hydrogens is 634 g/mol. The number of nitrogens with two attached hydrogens (primary N) is 1. The SMILES string of the molecule is C1=CC(C2CC[N-]CC2)=CC[N-]1.C1CC(C2CC[N-]CC2)CC[N-]1.[Ag+].[Ag+].[Ag+].[NH2-]. The molecule has 4 aliphatic rings. The van der Waals surface area contributed by atoms with Crippen LogP contribution in [0.1, 0.15) is 38.5 Å². The fourth-order valence-corrected chi connectivity index (χ4v) is 4.30. The molecular formula is C20H34Ag3N5-2. The third-order valence-corrected chi connectivity index (χ3v) is 5.85. The topological polar surface area (TPSA) is 89.9 Å². The number of piperidine rings is 3. The van der Waals surface area contributed by atoms with E-state index in [0.717, 1.165) is 63.6 Å². The molecule has 8 heteroatoms. The van der Waals surface area contributed by atoms with Gasteiger partial charge in [0.05, 0.1) is 0 Å². The van der Waals surface area contributed by atoms with Gasteiger partial charge in [-0.3, -0.25) is 0 Å². The van der Waals surface area contributed by atoms with E-state index in [9.17, 15) is 0 Å². The second-order valence-electron chi connectivity index (χ2n) is 7.35. The predicted molar refractivity (Wildman–Crippen MR) is 108 cm³/mol. The summed E-state index contributed by atoms with van der Waals surface area (Å²) in [4.78, 5) is 0. The van der Waals surface area contributed by atoms with Crippen LogP contribution in [0.2, 0.25) is 0 Å². The summed E-state index contributed by atoms with van der Waals surface area (Å²) in [6.45, 7) is 7.46. The Morgan fingerprint density at radius 2 is 1.07 bits per heavy atom. The molecule has 0 aromatic heterocycles. The maximum absolute atomic E-state index is 4.40. The molecule has 5 nitrogen and oxygen atoms in total. The van der Waals surface area contributed by atoms with Crippen LogP contribution in [0, 0.1) is 17.8 Å². The zero-order chi connectivity index (χ0) is 16.5. The summed E-state index contributed by atoms with van der Waals surface area (Å²) in [6, 6.07) is 0. The molecule has 3 fully saturated rings. The predicted octanol–water partition coefficient (Wildman–Crippen LogP) is 5.86. The first-order chi connectivity index (χ1) is 11.9. The summed E-state index contributed by atoms with van der Waals surface area (Å²) < 4.78 is 0. The van der Waals surface area contributed by atoms with Crippen molar-refractivity contribution in [3.63, 3.8) is 0 Å². The van der Waals surface area contributed by atoms with Crippen molar-refractivity contribution in [2.75, 3.05) is 45.8 Å². The summed E-state index contributed by atoms with van der Waals surface area (Å²) in [7, 11) is 0. The molecule has 0 aromatic carbocycles. The van der Waals surface area contributed by atoms with E-state index < -0.39 is 0 Å². The van der Waals surface area contributed by atoms with Crippen molar-refractivity contribution in [3.8, 4) is 0 Å². The van der Waals surface area contributed by atoms with Crippen molar-refractivity contribution in [2.24, 2.45) is 17.8 Å². The van der Waals surface area contributed by atoms with Gasteiger partial charge < -0.3 is 27.4 Å². The quantitative estimate of drug-likeness (QED) is 0.330. The minimum Gasteiger partial charge on any atom is -0.693 e. The zero-order valence-corrected chi connectivity index (χ0v) is 20.9. The van der Waals surface area contributed by atoms with Gasteiger partial charge >= 0.3 is 67.1 Å². The Hall–Kier alpha value is 1.34. The molecule has 0 bridgehead atoms. The monoisotopic (exact) mass is 665 g/mol. The van der Waals surface area contributed by atoms with Gasteiger partial charge in [-0.2, -0.15) is 6.20 Å². The van der Waals surface area contributed by atoms with Crippen LogP contribution < -0.4 is 0 Å². The molecule has 0 unspecified atom stereocenters. The minimum atomic E-state index is 0. The van der Waals surface area contributed by atoms with Gasteiger partial charge in [0.1, 0.15) is 0 Å². The van der Waals surface area contributed by atoms with E-state index in [2.05, 4.69) is 33.4 Å². The summed E-state index contributed by atoms with van der Waals surface area (Å²) >= 11 is 0. The fourth-order valence-electron chi connectivity index (χ4n) is 4.30. The van der Waals surface area contributed by atoms with E-state index in [1.54, 1.807) is 0 Å². The fraction of sp³-hybridized carbons (Fsp3) is 0.800. The van der Waals surface area contributed by atoms with E-state index >= 15 is 0 Å². The maximum Gasteiger partial charge on any atom is 1.00 e. The van der Waals surface area contributed by atoms with Gasteiger partial charge in [0.15, 0.2) is 0 Å². The Labute approximate surface area is 219 Å². The van der Waals surface area contributed by atoms with Crippen LogP contribution in [0.25, 0.3) is 27.4 Å². The molecule has 4 rings (SSSR count). The van der Waals surface area contributed by atoms with Gasteiger partial charge in [0, 0.05) is 0 Å². The smallest absolute Gasteiger partial charge is 0.693 e. The van der Waals surface area contributed by atoms with Crippen molar-refractivity contribution >= 4 is 0 Å². The van der Waals surface area contributed by atoms with Crippen LogP contribution >= 0.6 is 0 Å². The van der Waals surface area contributed by atoms with Crippen LogP contribution in [0.5, 0.6) is 0 Å². The number of allylic oxidation sites excluding steroid dienone is 2. The molecule has 0 atom stereocenters. The first-order valence-corrected chi connectivity index (χ1v) is 9.86. The molecule has 0 aromatic rings. The number of nitrogens with zero attached hydrogens (tertiary/aromatic N) is 4. The van der Waals surface area contributed by atoms with Crippen LogP contribution in [0.3, 0.4) is 0 Å². The Balaban J connectivity index is 0. The Bertz CT molecular complexity index is 400. The third kappa shape index (κ3) is 11.1. The van der Waals surface area contributed by atoms with E-state index in [0.29, 0.717) is 0 Å². The van der Waals surface area contributed by atoms with Gasteiger partial charge in [-0.25, -0.2) is 0 Å². The van der Waals surface area contributed by atoms with Crippen LogP contribution in [0.15, 0.2) is 23.9 Å². The molecule has 0 spiro atoms. The minimum absolute atomic E-state index is 0. The number of rotatable bonds is 2. The first kappa shape index (κ1) is 31.5. The zero-order valence-electron chi connectivity index (χ0n) is 16.4. The van der Waals surface area contributed by atoms with Crippen LogP contribution in [-0.2, 0) is 67.1 Å². The van der Waals surface area contributed by atoms with Crippen molar-refractivity contribution in [1.82, 2.24) is 0 Å². The second kappa shape index (κ2) is 19.1. The van der Waals surface area contributed by atoms with Crippen molar-refractivity contribution in [3.05, 3.63) is 51.3 Å². The summed E-state index contributed by atoms with van der Waals surface area (Å²) in [5, 5.41) is 17.3. The van der Waals surface area contributed by atoms with Crippen LogP contribution in [0.4, 0.5) is 0 Å². The Morgan fingerprint density at radius 3 is 1.46 bits per heavy atom. The Kier molecular flexibility index (Phi) is 21.5. The van der Waals surface area contributed by atoms with Crippen molar-refractivity contribution < 1.29 is 67.1 Å². The van der Waals surface area contributed by atoms with Crippen molar-refractivity contribution in [1.29, 1.82) is 0 Å². The Morgan fingerprint density at radius 1 is 0.643 bits per heavy atom. The van der Waals surface area contributed by atoms with Gasteiger partial charge in [0.25, 0.3) is 0 Å². The standard InChI is InChI=1S/C10H18N2.C10H14N2.3Ag.H2N/c2*1-5-11-6-2-9(1)10-3-7-12-8-4-10;;;;/h9-10H,1-8H2;1-2,5,10H,3-4,6-8H2;;;;1H2/q2*-2;3*+1;-1. The molecule has 4 heterocycles. The van der Waals surface area contributed by atoms with Crippen molar-refractivity contribution in [2.45, 2.75) is 38.5 Å². The normalized spacial score (nSPS) is 23.1. The van der Waals surface area contributed by atoms with Gasteiger partial charge in [-0.05, 0) is 17.8 Å². The van der Waals surface area contributed by atoms with Crippen LogP contribution in [-0.4, -0.2) is 45.8 Å². The molecule has 0 aliphatic carbocycles. The summed E-state index contributed by atoms with van der Waals surface area (Å²) in [5.41, 5.74) is 1.49. The average Bonchev–Trinajstić information content (AvgIpc) is 2.71. The molecule has 0 saturated carbocycles. The van der Waals surface area contributed by atoms with Gasteiger partial charge in [-0.15, -0.1) is 45.8 Å². The molecule has 28 heavy (non-hydrogen) atoms. The number of hydrogen-bond acceptors (Lipinski definition) is 0. The largest absolute Gasteiger partial charge is 1.00 e. The average molecular weight is 668 g/mol. The molecule has 0 radical (unpaired) electrons. The van der Waals surface area contributed by atoms with E-state index in [-0.39, 0.29) is 73.3 Å². The third-order valence-electron chi connectivity index (χ3n) is 5.85. The maximum atomic E-state index is 4.40. The van der Waals surface area contributed by atoms with E-state index in [1.165, 1.54) is 44.1 Å². The summed E-state index contributed by atoms with van der Waals surface area (Å²) in [6.07, 6.45) is 14.2. The van der Waals surface area contributed by atoms with E-state index in [4.69, 9.17) is 0 Å². The van der Waals surface area contributed by atoms with Gasteiger partial charge in [0.2, 0.25) is 0 Å². The molecule has 4 aliphatic heterocycles. The molecule has 174 valence electrons. The molecule has 0 amide bonds. The number of hydrogen-bond donors (Lipinski definition) is 0. The molecule has 2 N–H and O–H groups in total. The van der Waals surface area contributed by atoms with Gasteiger partial charge in [-0.1, -0.05) is 56.3 Å². The first-order valence-electron chi connectivity index (χ1n) is 9.86. The molecule has 3 saturated heterocycles. The summed E-state index contributed by atoms with van der Waals surface area (Å²) in [5.74, 6) is 2.73.